The molecular formula is C22H27NO3. The van der Waals surface area contributed by atoms with Gasteiger partial charge in [-0.05, 0) is 80.8 Å². The summed E-state index contributed by atoms with van der Waals surface area (Å²) in [5.74, 6) is 2.48. The summed E-state index contributed by atoms with van der Waals surface area (Å²) in [6.07, 6.45) is 6.30. The molecule has 0 aromatic heterocycles. The van der Waals surface area contributed by atoms with Crippen molar-refractivity contribution in [3.8, 4) is 0 Å². The van der Waals surface area contributed by atoms with Crippen LogP contribution in [0.15, 0.2) is 24.3 Å². The largest absolute Gasteiger partial charge is 0.452 e. The van der Waals surface area contributed by atoms with E-state index in [9.17, 15) is 9.59 Å². The third-order valence-corrected chi connectivity index (χ3v) is 7.29. The first-order valence-electron chi connectivity index (χ1n) is 10.2. The molecule has 4 nitrogen and oxygen atoms in total. The lowest BCUT2D eigenvalue weighted by atomic mass is 9.52. The van der Waals surface area contributed by atoms with Gasteiger partial charge in [-0.2, -0.15) is 0 Å². The average molecular weight is 353 g/mol. The van der Waals surface area contributed by atoms with E-state index in [0.717, 1.165) is 23.9 Å². The third kappa shape index (κ3) is 2.57. The monoisotopic (exact) mass is 353 g/mol. The van der Waals surface area contributed by atoms with Gasteiger partial charge in [0, 0.05) is 12.2 Å². The highest BCUT2D eigenvalue weighted by Crippen LogP contribution is 2.56. The summed E-state index contributed by atoms with van der Waals surface area (Å²) in [4.78, 5) is 27.6. The van der Waals surface area contributed by atoms with Gasteiger partial charge >= 0.3 is 5.97 Å². The van der Waals surface area contributed by atoms with Crippen LogP contribution in [0, 0.1) is 29.6 Å². The summed E-state index contributed by atoms with van der Waals surface area (Å²) >= 11 is 0. The Morgan fingerprint density at radius 2 is 1.69 bits per heavy atom. The Morgan fingerprint density at radius 3 is 2.38 bits per heavy atom. The predicted molar refractivity (Wildman–Crippen MR) is 98.6 cm³/mol. The molecule has 1 aliphatic heterocycles. The molecule has 1 heterocycles. The summed E-state index contributed by atoms with van der Waals surface area (Å²) in [5, 5.41) is 0. The van der Waals surface area contributed by atoms with Gasteiger partial charge in [-0.3, -0.25) is 9.59 Å². The van der Waals surface area contributed by atoms with Crippen molar-refractivity contribution in [2.45, 2.75) is 51.6 Å². The van der Waals surface area contributed by atoms with E-state index >= 15 is 0 Å². The lowest BCUT2D eigenvalue weighted by Crippen LogP contribution is -2.49. The van der Waals surface area contributed by atoms with Crippen molar-refractivity contribution in [3.63, 3.8) is 0 Å². The molecule has 4 bridgehead atoms. The van der Waals surface area contributed by atoms with Crippen molar-refractivity contribution in [2.24, 2.45) is 29.6 Å². The van der Waals surface area contributed by atoms with E-state index in [0.29, 0.717) is 18.4 Å². The van der Waals surface area contributed by atoms with Crippen molar-refractivity contribution in [3.05, 3.63) is 29.8 Å². The Bertz CT molecular complexity index is 715. The number of carbonyl (C=O) groups excluding carboxylic acids is 2. The van der Waals surface area contributed by atoms with Crippen LogP contribution in [0.2, 0.25) is 0 Å². The standard InChI is InChI=1S/C22H27NO3/c1-13(21(24)23-7-6-16-4-2-3-5-19(16)23)26-22(25)20-17-9-14-8-15(11-17)12-18(20)10-14/h2-5,13-15,17-18,20H,6-12H2,1H3/t13-,14?,15?,17?,18?,20?/m0/s1. The molecular weight excluding hydrogens is 326 g/mol. The average Bonchev–Trinajstić information content (AvgIpc) is 3.04. The number of carbonyl (C=O) groups is 2. The Morgan fingerprint density at radius 1 is 1.04 bits per heavy atom. The molecule has 4 aliphatic carbocycles. The van der Waals surface area contributed by atoms with E-state index in [2.05, 4.69) is 6.07 Å². The van der Waals surface area contributed by atoms with Crippen LogP contribution in [0.5, 0.6) is 0 Å². The van der Waals surface area contributed by atoms with Crippen molar-refractivity contribution in [1.82, 2.24) is 0 Å². The maximum absolute atomic E-state index is 12.9. The van der Waals surface area contributed by atoms with Crippen LogP contribution in [0.1, 0.15) is 44.6 Å². The molecule has 1 atom stereocenters. The van der Waals surface area contributed by atoms with E-state index in [1.54, 1.807) is 11.8 Å². The van der Waals surface area contributed by atoms with Gasteiger partial charge in [-0.15, -0.1) is 0 Å². The van der Waals surface area contributed by atoms with E-state index in [1.807, 2.05) is 18.2 Å². The lowest BCUT2D eigenvalue weighted by Gasteiger charge is -2.53. The highest BCUT2D eigenvalue weighted by atomic mass is 16.5. The summed E-state index contributed by atoms with van der Waals surface area (Å²) < 4.78 is 5.74. The Kier molecular flexibility index (Phi) is 3.84. The molecule has 4 saturated carbocycles. The van der Waals surface area contributed by atoms with Crippen LogP contribution in [0.3, 0.4) is 0 Å². The molecule has 4 fully saturated rings. The van der Waals surface area contributed by atoms with Crippen LogP contribution in [0.25, 0.3) is 0 Å². The van der Waals surface area contributed by atoms with Gasteiger partial charge in [-0.25, -0.2) is 0 Å². The maximum Gasteiger partial charge on any atom is 0.310 e. The number of amides is 1. The van der Waals surface area contributed by atoms with Crippen molar-refractivity contribution in [1.29, 1.82) is 0 Å². The second-order valence-electron chi connectivity index (χ2n) is 8.90. The van der Waals surface area contributed by atoms with E-state index in [-0.39, 0.29) is 17.8 Å². The summed E-state index contributed by atoms with van der Waals surface area (Å²) in [5.41, 5.74) is 2.16. The van der Waals surface area contributed by atoms with Gasteiger partial charge in [0.25, 0.3) is 5.91 Å². The number of nitrogens with zero attached hydrogens (tertiary/aromatic N) is 1. The third-order valence-electron chi connectivity index (χ3n) is 7.29. The van der Waals surface area contributed by atoms with E-state index in [4.69, 9.17) is 4.74 Å². The molecule has 138 valence electrons. The quantitative estimate of drug-likeness (QED) is 0.781. The first-order valence-corrected chi connectivity index (χ1v) is 10.2. The molecule has 0 unspecified atom stereocenters. The van der Waals surface area contributed by atoms with Crippen molar-refractivity contribution in [2.75, 3.05) is 11.4 Å². The summed E-state index contributed by atoms with van der Waals surface area (Å²) in [6, 6.07) is 8.00. The molecule has 6 rings (SSSR count). The fourth-order valence-electron chi connectivity index (χ4n) is 6.40. The second kappa shape index (κ2) is 6.11. The Balaban J connectivity index is 1.26. The number of hydrogen-bond donors (Lipinski definition) is 0. The molecule has 1 aromatic carbocycles. The fourth-order valence-corrected chi connectivity index (χ4v) is 6.40. The van der Waals surface area contributed by atoms with Gasteiger partial charge in [0.1, 0.15) is 0 Å². The smallest absolute Gasteiger partial charge is 0.310 e. The molecule has 1 aromatic rings. The zero-order chi connectivity index (χ0) is 17.8. The number of anilines is 1. The van der Waals surface area contributed by atoms with Crippen molar-refractivity contribution >= 4 is 17.6 Å². The minimum atomic E-state index is -0.703. The highest BCUT2D eigenvalue weighted by Gasteiger charge is 2.51. The lowest BCUT2D eigenvalue weighted by molar-refractivity contribution is -0.169. The van der Waals surface area contributed by atoms with Crippen molar-refractivity contribution < 1.29 is 14.3 Å². The van der Waals surface area contributed by atoms with Crippen LogP contribution >= 0.6 is 0 Å². The molecule has 0 radical (unpaired) electrons. The maximum atomic E-state index is 12.9. The molecule has 4 heteroatoms. The first kappa shape index (κ1) is 16.3. The number of ether oxygens (including phenoxy) is 1. The zero-order valence-electron chi connectivity index (χ0n) is 15.4. The Labute approximate surface area is 154 Å². The second-order valence-corrected chi connectivity index (χ2v) is 8.90. The van der Waals surface area contributed by atoms with Gasteiger partial charge in [0.2, 0.25) is 0 Å². The van der Waals surface area contributed by atoms with E-state index < -0.39 is 6.10 Å². The SMILES string of the molecule is C[C@H](OC(=O)C1C2CC3CC(C2)CC1C3)C(=O)N1CCc2ccccc21. The van der Waals surface area contributed by atoms with E-state index in [1.165, 1.54) is 37.7 Å². The van der Waals surface area contributed by atoms with Crippen LogP contribution in [-0.4, -0.2) is 24.5 Å². The molecule has 1 amide bonds. The molecule has 0 saturated heterocycles. The Hall–Kier alpha value is -1.84. The first-order chi connectivity index (χ1) is 12.6. The summed E-state index contributed by atoms with van der Waals surface area (Å²) in [7, 11) is 0. The number of benzene rings is 1. The number of fused-ring (bicyclic) bond motifs is 1. The number of para-hydroxylation sites is 1. The zero-order valence-corrected chi connectivity index (χ0v) is 15.4. The fraction of sp³-hybridized carbons (Fsp3) is 0.636. The molecule has 5 aliphatic rings. The van der Waals surface area contributed by atoms with Crippen LogP contribution in [-0.2, 0) is 20.7 Å². The topological polar surface area (TPSA) is 46.6 Å². The minimum Gasteiger partial charge on any atom is -0.452 e. The normalized spacial score (nSPS) is 35.3. The predicted octanol–water partition coefficient (Wildman–Crippen LogP) is 3.58. The molecule has 26 heavy (non-hydrogen) atoms. The van der Waals surface area contributed by atoms with Gasteiger partial charge in [-0.1, -0.05) is 18.2 Å². The number of esters is 1. The molecule has 0 spiro atoms. The number of hydrogen-bond acceptors (Lipinski definition) is 3. The van der Waals surface area contributed by atoms with Gasteiger partial charge < -0.3 is 9.64 Å². The van der Waals surface area contributed by atoms with Gasteiger partial charge in [0.15, 0.2) is 6.10 Å². The number of rotatable bonds is 3. The highest BCUT2D eigenvalue weighted by molar-refractivity contribution is 5.99. The van der Waals surface area contributed by atoms with Gasteiger partial charge in [0.05, 0.1) is 5.92 Å². The van der Waals surface area contributed by atoms with Crippen LogP contribution in [0.4, 0.5) is 5.69 Å². The minimum absolute atomic E-state index is 0.0314. The molecule has 0 N–H and O–H groups in total. The summed E-state index contributed by atoms with van der Waals surface area (Å²) in [6.45, 7) is 2.41. The van der Waals surface area contributed by atoms with Crippen LogP contribution < -0.4 is 4.90 Å².